The molecule has 1 fully saturated rings. The van der Waals surface area contributed by atoms with E-state index in [1.807, 2.05) is 24.3 Å². The van der Waals surface area contributed by atoms with E-state index in [0.29, 0.717) is 12.3 Å². The van der Waals surface area contributed by atoms with Crippen LogP contribution < -0.4 is 0 Å². The van der Waals surface area contributed by atoms with Crippen LogP contribution in [0.3, 0.4) is 0 Å². The van der Waals surface area contributed by atoms with E-state index < -0.39 is 0 Å². The fraction of sp³-hybridized carbons (Fsp3) is 0.333. The number of nitrogens with one attached hydrogen (secondary N) is 1. The topological polar surface area (TPSA) is 64.2 Å². The Morgan fingerprint density at radius 3 is 2.80 bits per heavy atom. The Morgan fingerprint density at radius 2 is 2.20 bits per heavy atom. The van der Waals surface area contributed by atoms with Gasteiger partial charge >= 0.3 is 5.97 Å². The number of nitrogens with zero attached hydrogens (tertiary/aromatic N) is 1. The maximum absolute atomic E-state index is 11.6. The second-order valence-electron chi connectivity index (χ2n) is 4.66. The van der Waals surface area contributed by atoms with Gasteiger partial charge < -0.3 is 9.47 Å². The minimum atomic E-state index is -0.384. The first kappa shape index (κ1) is 12.9. The summed E-state index contributed by atoms with van der Waals surface area (Å²) < 4.78 is 10.4. The number of aromatic nitrogens is 2. The Morgan fingerprint density at radius 1 is 1.45 bits per heavy atom. The van der Waals surface area contributed by atoms with Gasteiger partial charge in [-0.3, -0.25) is 5.10 Å². The predicted molar refractivity (Wildman–Crippen MR) is 73.3 cm³/mol. The predicted octanol–water partition coefficient (Wildman–Crippen LogP) is 2.71. The first-order chi connectivity index (χ1) is 9.78. The molecule has 104 valence electrons. The third-order valence-corrected chi connectivity index (χ3v) is 3.35. The average molecular weight is 272 g/mol. The molecule has 5 nitrogen and oxygen atoms in total. The highest BCUT2D eigenvalue weighted by atomic mass is 16.5. The summed E-state index contributed by atoms with van der Waals surface area (Å²) in [5.74, 6) is -0.384. The molecule has 20 heavy (non-hydrogen) atoms. The fourth-order valence-corrected chi connectivity index (χ4v) is 2.15. The molecule has 3 rings (SSSR count). The monoisotopic (exact) mass is 272 g/mol. The number of aromatic amines is 1. The third kappa shape index (κ3) is 2.44. The summed E-state index contributed by atoms with van der Waals surface area (Å²) >= 11 is 0. The molecule has 0 aliphatic carbocycles. The number of carbonyl (C=O) groups is 1. The van der Waals surface area contributed by atoms with E-state index in [4.69, 9.17) is 9.47 Å². The van der Waals surface area contributed by atoms with Crippen molar-refractivity contribution in [2.75, 3.05) is 13.2 Å². The highest BCUT2D eigenvalue weighted by molar-refractivity contribution is 5.88. The first-order valence-corrected chi connectivity index (χ1v) is 6.72. The van der Waals surface area contributed by atoms with E-state index in [2.05, 4.69) is 10.2 Å². The van der Waals surface area contributed by atoms with Gasteiger partial charge in [-0.1, -0.05) is 24.3 Å². The molecule has 0 spiro atoms. The summed E-state index contributed by atoms with van der Waals surface area (Å²) in [5, 5.41) is 6.84. The molecule has 0 amide bonds. The van der Waals surface area contributed by atoms with E-state index in [1.54, 1.807) is 13.0 Å². The molecule has 1 aliphatic rings. The van der Waals surface area contributed by atoms with Crippen molar-refractivity contribution >= 4 is 5.97 Å². The normalized spacial score (nSPS) is 17.6. The van der Waals surface area contributed by atoms with Gasteiger partial charge in [-0.25, -0.2) is 4.79 Å². The summed E-state index contributed by atoms with van der Waals surface area (Å²) in [6.07, 6.45) is 1.31. The van der Waals surface area contributed by atoms with Crippen molar-refractivity contribution in [3.05, 3.63) is 41.6 Å². The number of carbonyl (C=O) groups excluding carboxylic acids is 1. The third-order valence-electron chi connectivity index (χ3n) is 3.35. The van der Waals surface area contributed by atoms with Gasteiger partial charge in [0.1, 0.15) is 5.69 Å². The lowest BCUT2D eigenvalue weighted by atomic mass is 10.0. The number of hydrogen-bond acceptors (Lipinski definition) is 4. The number of benzene rings is 1. The molecule has 1 atom stereocenters. The van der Waals surface area contributed by atoms with Crippen molar-refractivity contribution in [2.24, 2.45) is 0 Å². The second kappa shape index (κ2) is 5.46. The number of hydrogen-bond donors (Lipinski definition) is 1. The van der Waals surface area contributed by atoms with E-state index in [1.165, 1.54) is 5.56 Å². The van der Waals surface area contributed by atoms with Crippen LogP contribution in [0, 0.1) is 0 Å². The van der Waals surface area contributed by atoms with E-state index in [9.17, 15) is 4.79 Å². The maximum atomic E-state index is 11.6. The van der Waals surface area contributed by atoms with Gasteiger partial charge in [-0.15, -0.1) is 0 Å². The lowest BCUT2D eigenvalue weighted by Crippen LogP contribution is -2.17. The molecule has 1 aromatic heterocycles. The van der Waals surface area contributed by atoms with Crippen LogP contribution in [-0.4, -0.2) is 29.4 Å². The Labute approximate surface area is 116 Å². The van der Waals surface area contributed by atoms with Crippen LogP contribution in [0.5, 0.6) is 0 Å². The van der Waals surface area contributed by atoms with Crippen molar-refractivity contribution in [2.45, 2.75) is 19.4 Å². The van der Waals surface area contributed by atoms with E-state index in [0.717, 1.165) is 24.3 Å². The summed E-state index contributed by atoms with van der Waals surface area (Å²) in [6, 6.07) is 9.76. The molecule has 1 unspecified atom stereocenters. The molecule has 0 radical (unpaired) electrons. The molecule has 1 aliphatic heterocycles. The summed E-state index contributed by atoms with van der Waals surface area (Å²) in [4.78, 5) is 11.6. The number of H-pyrrole nitrogens is 1. The van der Waals surface area contributed by atoms with Crippen LogP contribution >= 0.6 is 0 Å². The minimum Gasteiger partial charge on any atom is -0.461 e. The lowest BCUT2D eigenvalue weighted by molar-refractivity contribution is -0.0527. The molecule has 2 heterocycles. The van der Waals surface area contributed by atoms with Gasteiger partial charge in [-0.05, 0) is 18.6 Å². The zero-order valence-electron chi connectivity index (χ0n) is 11.3. The Balaban J connectivity index is 1.77. The largest absolute Gasteiger partial charge is 0.461 e. The van der Waals surface area contributed by atoms with Gasteiger partial charge in [0, 0.05) is 12.0 Å². The van der Waals surface area contributed by atoms with Gasteiger partial charge in [0.15, 0.2) is 0 Å². The van der Waals surface area contributed by atoms with Crippen LogP contribution in [0.25, 0.3) is 11.3 Å². The fourth-order valence-electron chi connectivity index (χ4n) is 2.15. The Hall–Kier alpha value is -2.14. The standard InChI is InChI=1S/C15H16N2O3/c1-2-19-15(18)13-9-12(16-17-13)10-3-5-11(6-4-10)14-7-8-20-14/h3-6,9,14H,2,7-8H2,1H3,(H,16,17). The number of ether oxygens (including phenoxy) is 2. The Bertz CT molecular complexity index is 600. The summed E-state index contributed by atoms with van der Waals surface area (Å²) in [7, 11) is 0. The van der Waals surface area contributed by atoms with Crippen molar-refractivity contribution < 1.29 is 14.3 Å². The minimum absolute atomic E-state index is 0.235. The second-order valence-corrected chi connectivity index (χ2v) is 4.66. The highest BCUT2D eigenvalue weighted by Crippen LogP contribution is 2.30. The van der Waals surface area contributed by atoms with Gasteiger partial charge in [0.05, 0.1) is 25.0 Å². The molecular formula is C15H16N2O3. The van der Waals surface area contributed by atoms with Gasteiger partial charge in [0.2, 0.25) is 0 Å². The maximum Gasteiger partial charge on any atom is 0.356 e. The van der Waals surface area contributed by atoms with Crippen molar-refractivity contribution in [1.82, 2.24) is 10.2 Å². The molecule has 5 heteroatoms. The zero-order chi connectivity index (χ0) is 13.9. The summed E-state index contributed by atoms with van der Waals surface area (Å²) in [6.45, 7) is 2.97. The zero-order valence-corrected chi connectivity index (χ0v) is 11.3. The first-order valence-electron chi connectivity index (χ1n) is 6.72. The SMILES string of the molecule is CCOC(=O)c1cc(-c2ccc(C3CCO3)cc2)n[nH]1. The number of esters is 1. The smallest absolute Gasteiger partial charge is 0.356 e. The van der Waals surface area contributed by atoms with Crippen LogP contribution in [0.2, 0.25) is 0 Å². The van der Waals surface area contributed by atoms with Crippen LogP contribution in [0.1, 0.15) is 35.5 Å². The Kier molecular flexibility index (Phi) is 3.52. The quantitative estimate of drug-likeness (QED) is 0.869. The molecule has 0 bridgehead atoms. The molecule has 1 N–H and O–H groups in total. The molecular weight excluding hydrogens is 256 g/mol. The van der Waals surface area contributed by atoms with E-state index >= 15 is 0 Å². The van der Waals surface area contributed by atoms with Gasteiger partial charge in [-0.2, -0.15) is 5.10 Å². The average Bonchev–Trinajstić information content (AvgIpc) is 2.87. The van der Waals surface area contributed by atoms with Crippen molar-refractivity contribution in [1.29, 1.82) is 0 Å². The van der Waals surface area contributed by atoms with E-state index in [-0.39, 0.29) is 12.1 Å². The van der Waals surface area contributed by atoms with Crippen LogP contribution in [-0.2, 0) is 9.47 Å². The molecule has 0 saturated carbocycles. The van der Waals surface area contributed by atoms with Crippen molar-refractivity contribution in [3.8, 4) is 11.3 Å². The van der Waals surface area contributed by atoms with Crippen LogP contribution in [0.15, 0.2) is 30.3 Å². The number of rotatable bonds is 4. The molecule has 1 saturated heterocycles. The van der Waals surface area contributed by atoms with Gasteiger partial charge in [0.25, 0.3) is 0 Å². The summed E-state index contributed by atoms with van der Waals surface area (Å²) in [5.41, 5.74) is 3.24. The molecule has 2 aromatic rings. The van der Waals surface area contributed by atoms with Crippen LogP contribution in [0.4, 0.5) is 0 Å². The lowest BCUT2D eigenvalue weighted by Gasteiger charge is -2.26. The highest BCUT2D eigenvalue weighted by Gasteiger charge is 2.20. The van der Waals surface area contributed by atoms with Crippen molar-refractivity contribution in [3.63, 3.8) is 0 Å². The molecule has 1 aromatic carbocycles.